The predicted molar refractivity (Wildman–Crippen MR) is 105 cm³/mol. The van der Waals surface area contributed by atoms with E-state index in [1.807, 2.05) is 11.8 Å². The molecule has 0 aliphatic carbocycles. The number of rotatable bonds is 4. The Balaban J connectivity index is 2.17. The van der Waals surface area contributed by atoms with Crippen molar-refractivity contribution < 1.29 is 0 Å². The Morgan fingerprint density at radius 3 is 1.61 bits per heavy atom. The van der Waals surface area contributed by atoms with Crippen LogP contribution in [0, 0.1) is 0 Å². The summed E-state index contributed by atoms with van der Waals surface area (Å²) in [6, 6.07) is 18.2. The van der Waals surface area contributed by atoms with Crippen LogP contribution in [0.2, 0.25) is 0 Å². The second-order valence-corrected chi connectivity index (χ2v) is 9.86. The lowest BCUT2D eigenvalue weighted by atomic mass is 9.87. The van der Waals surface area contributed by atoms with E-state index in [0.717, 1.165) is 0 Å². The predicted octanol–water partition coefficient (Wildman–Crippen LogP) is 7.13. The van der Waals surface area contributed by atoms with Crippen LogP contribution < -0.4 is 0 Å². The number of hydrogen-bond donors (Lipinski definition) is 0. The molecule has 2 aromatic carbocycles. The molecule has 0 bridgehead atoms. The maximum Gasteiger partial charge on any atom is 0.0399 e. The molecule has 0 heterocycles. The van der Waals surface area contributed by atoms with Gasteiger partial charge in [-0.05, 0) is 54.0 Å². The van der Waals surface area contributed by atoms with Crippen LogP contribution in [-0.4, -0.2) is 0 Å². The third-order valence-electron chi connectivity index (χ3n) is 4.37. The van der Waals surface area contributed by atoms with E-state index >= 15 is 0 Å². The van der Waals surface area contributed by atoms with Gasteiger partial charge in [0.25, 0.3) is 0 Å². The summed E-state index contributed by atoms with van der Waals surface area (Å²) in [6.07, 6.45) is 0. The van der Waals surface area contributed by atoms with Crippen LogP contribution in [0.5, 0.6) is 0 Å². The Bertz CT molecular complexity index is 625. The molecule has 1 heteroatoms. The van der Waals surface area contributed by atoms with Gasteiger partial charge >= 0.3 is 0 Å². The van der Waals surface area contributed by atoms with Crippen molar-refractivity contribution in [2.24, 2.45) is 0 Å². The van der Waals surface area contributed by atoms with Gasteiger partial charge in [-0.15, -0.1) is 11.8 Å². The highest BCUT2D eigenvalue weighted by atomic mass is 32.2. The monoisotopic (exact) mass is 326 g/mol. The zero-order valence-electron chi connectivity index (χ0n) is 15.6. The maximum atomic E-state index is 2.31. The summed E-state index contributed by atoms with van der Waals surface area (Å²) < 4.78 is 0.0682. The molecule has 0 amide bonds. The first-order valence-electron chi connectivity index (χ1n) is 8.49. The van der Waals surface area contributed by atoms with Crippen molar-refractivity contribution in [3.05, 3.63) is 65.2 Å². The van der Waals surface area contributed by atoms with E-state index in [1.165, 1.54) is 21.6 Å². The molecule has 0 radical (unpaired) electrons. The first-order valence-corrected chi connectivity index (χ1v) is 9.31. The number of benzene rings is 2. The fourth-order valence-corrected chi connectivity index (χ4v) is 3.76. The van der Waals surface area contributed by atoms with E-state index in [-0.39, 0.29) is 10.2 Å². The number of thioether (sulfide) groups is 1. The van der Waals surface area contributed by atoms with E-state index < -0.39 is 0 Å². The van der Waals surface area contributed by atoms with Gasteiger partial charge in [0.15, 0.2) is 0 Å². The van der Waals surface area contributed by atoms with Crippen LogP contribution in [0.25, 0.3) is 0 Å². The smallest absolute Gasteiger partial charge is 0.0399 e. The van der Waals surface area contributed by atoms with Crippen molar-refractivity contribution in [3.8, 4) is 0 Å². The summed E-state index contributed by atoms with van der Waals surface area (Å²) in [5, 5.41) is 0. The van der Waals surface area contributed by atoms with Gasteiger partial charge in [-0.25, -0.2) is 0 Å². The largest absolute Gasteiger partial charge is 0.115 e. The average molecular weight is 327 g/mol. The molecule has 0 saturated heterocycles. The van der Waals surface area contributed by atoms with Crippen LogP contribution in [0.4, 0.5) is 0 Å². The molecular weight excluding hydrogens is 296 g/mol. The molecule has 2 aromatic rings. The summed E-state index contributed by atoms with van der Waals surface area (Å²) >= 11 is 1.93. The van der Waals surface area contributed by atoms with Crippen molar-refractivity contribution in [3.63, 3.8) is 0 Å². The van der Waals surface area contributed by atoms with E-state index in [9.17, 15) is 0 Å². The van der Waals surface area contributed by atoms with Crippen LogP contribution in [0.15, 0.2) is 53.4 Å². The summed E-state index contributed by atoms with van der Waals surface area (Å²) in [6.45, 7) is 15.9. The Morgan fingerprint density at radius 2 is 1.17 bits per heavy atom. The molecule has 0 nitrogen and oxygen atoms in total. The lowest BCUT2D eigenvalue weighted by Gasteiger charge is -2.26. The Kier molecular flexibility index (Phi) is 5.30. The van der Waals surface area contributed by atoms with Crippen LogP contribution >= 0.6 is 11.8 Å². The van der Waals surface area contributed by atoms with Crippen molar-refractivity contribution in [2.75, 3.05) is 0 Å². The van der Waals surface area contributed by atoms with E-state index in [2.05, 4.69) is 97.0 Å². The molecule has 0 unspecified atom stereocenters. The zero-order chi connectivity index (χ0) is 17.3. The second kappa shape index (κ2) is 6.73. The molecule has 0 fully saturated rings. The summed E-state index contributed by atoms with van der Waals surface area (Å²) in [5.41, 5.74) is 4.39. The maximum absolute atomic E-state index is 2.31. The minimum atomic E-state index is 0.0682. The Labute approximate surface area is 146 Å². The fraction of sp³-hybridized carbons (Fsp3) is 0.455. The third kappa shape index (κ3) is 4.64. The van der Waals surface area contributed by atoms with E-state index in [4.69, 9.17) is 0 Å². The highest BCUT2D eigenvalue weighted by Gasteiger charge is 2.22. The van der Waals surface area contributed by atoms with Crippen LogP contribution in [0.1, 0.15) is 71.1 Å². The van der Waals surface area contributed by atoms with Crippen molar-refractivity contribution in [1.82, 2.24) is 0 Å². The lowest BCUT2D eigenvalue weighted by molar-refractivity contribution is 0.589. The molecule has 0 N–H and O–H groups in total. The van der Waals surface area contributed by atoms with Crippen molar-refractivity contribution >= 4 is 11.8 Å². The molecule has 23 heavy (non-hydrogen) atoms. The lowest BCUT2D eigenvalue weighted by Crippen LogP contribution is -2.12. The standard InChI is InChI=1S/C22H30S/c1-16(2)17-8-10-19(11-9-17)22(6,7)23-20-14-12-18(13-15-20)21(3,4)5/h8-16H,1-7H3. The van der Waals surface area contributed by atoms with Gasteiger partial charge in [-0.3, -0.25) is 0 Å². The van der Waals surface area contributed by atoms with Crippen LogP contribution in [0.3, 0.4) is 0 Å². The van der Waals surface area contributed by atoms with Crippen LogP contribution in [-0.2, 0) is 10.2 Å². The Hall–Kier alpha value is -1.21. The molecular formula is C22H30S. The molecule has 2 rings (SSSR count). The molecule has 0 saturated carbocycles. The molecule has 0 aliphatic rings. The first kappa shape index (κ1) is 18.1. The van der Waals surface area contributed by atoms with Gasteiger partial charge in [0.05, 0.1) is 0 Å². The number of hydrogen-bond acceptors (Lipinski definition) is 1. The summed E-state index contributed by atoms with van der Waals surface area (Å²) in [7, 11) is 0. The van der Waals surface area contributed by atoms with Gasteiger partial charge < -0.3 is 0 Å². The molecule has 0 atom stereocenters. The van der Waals surface area contributed by atoms with Gasteiger partial charge in [0, 0.05) is 9.64 Å². The molecule has 0 aromatic heterocycles. The molecule has 0 spiro atoms. The second-order valence-electron chi connectivity index (χ2n) is 8.16. The SMILES string of the molecule is CC(C)c1ccc(C(C)(C)Sc2ccc(C(C)(C)C)cc2)cc1. The minimum absolute atomic E-state index is 0.0682. The third-order valence-corrected chi connectivity index (χ3v) is 5.62. The van der Waals surface area contributed by atoms with Crippen molar-refractivity contribution in [2.45, 2.75) is 69.4 Å². The fourth-order valence-electron chi connectivity index (χ4n) is 2.65. The normalized spacial score (nSPS) is 12.7. The van der Waals surface area contributed by atoms with Gasteiger partial charge in [0.2, 0.25) is 0 Å². The minimum Gasteiger partial charge on any atom is -0.115 e. The highest BCUT2D eigenvalue weighted by Crippen LogP contribution is 2.41. The molecule has 124 valence electrons. The van der Waals surface area contributed by atoms with E-state index in [0.29, 0.717) is 5.92 Å². The van der Waals surface area contributed by atoms with E-state index in [1.54, 1.807) is 0 Å². The first-order chi connectivity index (χ1) is 10.6. The summed E-state index contributed by atoms with van der Waals surface area (Å²) in [5.74, 6) is 0.588. The van der Waals surface area contributed by atoms with Gasteiger partial charge in [0.1, 0.15) is 0 Å². The summed E-state index contributed by atoms with van der Waals surface area (Å²) in [4.78, 5) is 1.33. The van der Waals surface area contributed by atoms with Gasteiger partial charge in [-0.2, -0.15) is 0 Å². The zero-order valence-corrected chi connectivity index (χ0v) is 16.4. The van der Waals surface area contributed by atoms with Crippen molar-refractivity contribution in [1.29, 1.82) is 0 Å². The molecule has 0 aliphatic heterocycles. The topological polar surface area (TPSA) is 0 Å². The quantitative estimate of drug-likeness (QED) is 0.538. The Morgan fingerprint density at radius 1 is 0.696 bits per heavy atom. The average Bonchev–Trinajstić information content (AvgIpc) is 2.46. The highest BCUT2D eigenvalue weighted by molar-refractivity contribution is 8.00. The van der Waals surface area contributed by atoms with Gasteiger partial charge in [-0.1, -0.05) is 71.0 Å².